The largest absolute Gasteiger partial charge is 0.396 e. The third-order valence-electron chi connectivity index (χ3n) is 3.02. The van der Waals surface area contributed by atoms with Crippen LogP contribution in [0, 0.1) is 17.8 Å². The van der Waals surface area contributed by atoms with Crippen molar-refractivity contribution >= 4 is 21.6 Å². The third kappa shape index (κ3) is 4.09. The van der Waals surface area contributed by atoms with Crippen LogP contribution in [-0.4, -0.2) is 27.5 Å². The van der Waals surface area contributed by atoms with Crippen LogP contribution >= 0.6 is 15.9 Å². The summed E-state index contributed by atoms with van der Waals surface area (Å²) in [5.74, 6) is 2.38. The lowest BCUT2D eigenvalue weighted by Gasteiger charge is -2.32. The van der Waals surface area contributed by atoms with Crippen molar-refractivity contribution in [1.82, 2.24) is 9.78 Å². The summed E-state index contributed by atoms with van der Waals surface area (Å²) < 4.78 is 1.61. The molecule has 1 unspecified atom stereocenters. The minimum atomic E-state index is -0.274. The Balaban J connectivity index is 3.06. The molecule has 5 nitrogen and oxygen atoms in total. The van der Waals surface area contributed by atoms with Crippen LogP contribution in [0.4, 0.5) is 5.69 Å². The van der Waals surface area contributed by atoms with Gasteiger partial charge in [-0.2, -0.15) is 5.10 Å². The minimum absolute atomic E-state index is 0.0217. The summed E-state index contributed by atoms with van der Waals surface area (Å²) in [4.78, 5) is 12.0. The number of nitrogens with zero attached hydrogens (tertiary/aromatic N) is 2. The van der Waals surface area contributed by atoms with Gasteiger partial charge in [-0.15, -0.1) is 6.42 Å². The van der Waals surface area contributed by atoms with Crippen LogP contribution in [-0.2, 0) is 6.54 Å². The van der Waals surface area contributed by atoms with E-state index in [1.54, 1.807) is 6.20 Å². The molecule has 0 aliphatic heterocycles. The van der Waals surface area contributed by atoms with Gasteiger partial charge in [-0.1, -0.05) is 26.7 Å². The number of aliphatic hydroxyl groups is 1. The fraction of sp³-hybridized carbons (Fsp3) is 0.571. The SMILES string of the molecule is C#CCn1ncc(NC(CCO)C(C)(C)C)c(Br)c1=O. The van der Waals surface area contributed by atoms with Gasteiger partial charge >= 0.3 is 0 Å². The van der Waals surface area contributed by atoms with Gasteiger partial charge in [-0.05, 0) is 27.8 Å². The summed E-state index contributed by atoms with van der Waals surface area (Å²) in [7, 11) is 0. The number of nitrogens with one attached hydrogen (secondary N) is 1. The number of hydrogen-bond donors (Lipinski definition) is 2. The van der Waals surface area contributed by atoms with E-state index in [1.807, 2.05) is 0 Å². The van der Waals surface area contributed by atoms with E-state index in [0.717, 1.165) is 0 Å². The smallest absolute Gasteiger partial charge is 0.284 e. The van der Waals surface area contributed by atoms with Gasteiger partial charge in [-0.3, -0.25) is 4.79 Å². The Morgan fingerprint density at radius 2 is 2.25 bits per heavy atom. The van der Waals surface area contributed by atoms with Gasteiger partial charge in [0, 0.05) is 12.6 Å². The Morgan fingerprint density at radius 1 is 1.60 bits per heavy atom. The quantitative estimate of drug-likeness (QED) is 0.802. The number of hydrogen-bond acceptors (Lipinski definition) is 4. The zero-order valence-corrected chi connectivity index (χ0v) is 13.6. The average Bonchev–Trinajstić information content (AvgIpc) is 2.36. The zero-order valence-electron chi connectivity index (χ0n) is 12.0. The normalized spacial score (nSPS) is 12.8. The molecule has 0 fully saturated rings. The van der Waals surface area contributed by atoms with Crippen LogP contribution in [0.5, 0.6) is 0 Å². The van der Waals surface area contributed by atoms with Crippen molar-refractivity contribution in [3.63, 3.8) is 0 Å². The van der Waals surface area contributed by atoms with E-state index in [1.165, 1.54) is 4.68 Å². The molecule has 0 aliphatic rings. The molecule has 6 heteroatoms. The van der Waals surface area contributed by atoms with Gasteiger partial charge in [0.1, 0.15) is 11.0 Å². The predicted octanol–water partition coefficient (Wildman–Crippen LogP) is 1.85. The Morgan fingerprint density at radius 3 is 2.75 bits per heavy atom. The second-order valence-electron chi connectivity index (χ2n) is 5.61. The predicted molar refractivity (Wildman–Crippen MR) is 83.6 cm³/mol. The van der Waals surface area contributed by atoms with E-state index in [9.17, 15) is 4.79 Å². The summed E-state index contributed by atoms with van der Waals surface area (Å²) in [5.41, 5.74) is 0.275. The number of halogens is 1. The first kappa shape index (κ1) is 16.7. The van der Waals surface area contributed by atoms with E-state index < -0.39 is 0 Å². The van der Waals surface area contributed by atoms with Gasteiger partial charge in [0.15, 0.2) is 0 Å². The van der Waals surface area contributed by atoms with Gasteiger partial charge in [0.05, 0.1) is 11.9 Å². The molecule has 0 aromatic carbocycles. The van der Waals surface area contributed by atoms with Gasteiger partial charge in [0.2, 0.25) is 0 Å². The summed E-state index contributed by atoms with van der Waals surface area (Å²) >= 11 is 3.28. The molecule has 0 aliphatic carbocycles. The highest BCUT2D eigenvalue weighted by molar-refractivity contribution is 9.10. The van der Waals surface area contributed by atoms with E-state index in [2.05, 4.69) is 53.0 Å². The van der Waals surface area contributed by atoms with E-state index in [0.29, 0.717) is 16.6 Å². The molecule has 1 heterocycles. The van der Waals surface area contributed by atoms with Crippen molar-refractivity contribution < 1.29 is 5.11 Å². The highest BCUT2D eigenvalue weighted by atomic mass is 79.9. The molecule has 2 N–H and O–H groups in total. The molecule has 0 saturated heterocycles. The minimum Gasteiger partial charge on any atom is -0.396 e. The lowest BCUT2D eigenvalue weighted by molar-refractivity contribution is 0.235. The Hall–Kier alpha value is -1.32. The molecule has 1 aromatic heterocycles. The fourth-order valence-corrected chi connectivity index (χ4v) is 2.22. The van der Waals surface area contributed by atoms with Crippen LogP contribution in [0.25, 0.3) is 0 Å². The van der Waals surface area contributed by atoms with Crippen molar-refractivity contribution in [2.45, 2.75) is 39.8 Å². The average molecular weight is 342 g/mol. The summed E-state index contributed by atoms with van der Waals surface area (Å²) in [6.45, 7) is 6.43. The molecule has 1 atom stereocenters. The topological polar surface area (TPSA) is 67.2 Å². The molecular weight excluding hydrogens is 322 g/mol. The maximum atomic E-state index is 12.0. The molecular formula is C14H20BrN3O2. The van der Waals surface area contributed by atoms with Crippen molar-refractivity contribution in [3.05, 3.63) is 21.0 Å². The molecule has 0 spiro atoms. The van der Waals surface area contributed by atoms with E-state index in [-0.39, 0.29) is 30.2 Å². The van der Waals surface area contributed by atoms with Gasteiger partial charge in [-0.25, -0.2) is 4.68 Å². The zero-order chi connectivity index (χ0) is 15.3. The monoisotopic (exact) mass is 341 g/mol. The van der Waals surface area contributed by atoms with Crippen molar-refractivity contribution in [2.75, 3.05) is 11.9 Å². The molecule has 0 amide bonds. The Kier molecular flexibility index (Phi) is 5.78. The van der Waals surface area contributed by atoms with Crippen LogP contribution in [0.15, 0.2) is 15.5 Å². The number of anilines is 1. The molecule has 110 valence electrons. The van der Waals surface area contributed by atoms with E-state index in [4.69, 9.17) is 11.5 Å². The molecule has 0 radical (unpaired) electrons. The number of terminal acetylenes is 1. The summed E-state index contributed by atoms with van der Waals surface area (Å²) in [5, 5.41) is 16.5. The van der Waals surface area contributed by atoms with Gasteiger partial charge < -0.3 is 10.4 Å². The highest BCUT2D eigenvalue weighted by Gasteiger charge is 2.25. The van der Waals surface area contributed by atoms with Crippen molar-refractivity contribution in [2.24, 2.45) is 5.41 Å². The summed E-state index contributed by atoms with van der Waals surface area (Å²) in [6, 6.07) is 0.0217. The van der Waals surface area contributed by atoms with E-state index >= 15 is 0 Å². The lowest BCUT2D eigenvalue weighted by Crippen LogP contribution is -2.36. The number of rotatable bonds is 5. The Labute approximate surface area is 127 Å². The van der Waals surface area contributed by atoms with Crippen LogP contribution < -0.4 is 10.9 Å². The molecule has 0 bridgehead atoms. The third-order valence-corrected chi connectivity index (χ3v) is 3.79. The molecule has 1 rings (SSSR count). The fourth-order valence-electron chi connectivity index (χ4n) is 1.80. The lowest BCUT2D eigenvalue weighted by atomic mass is 9.85. The molecule has 0 saturated carbocycles. The molecule has 1 aromatic rings. The standard InChI is InChI=1S/C14H20BrN3O2/c1-5-7-18-13(20)12(15)10(9-16-18)17-11(6-8-19)14(2,3)4/h1,9,11,17,19H,6-8H2,2-4H3. The van der Waals surface area contributed by atoms with Crippen LogP contribution in [0.2, 0.25) is 0 Å². The van der Waals surface area contributed by atoms with Crippen molar-refractivity contribution in [1.29, 1.82) is 0 Å². The second kappa shape index (κ2) is 6.91. The summed E-state index contributed by atoms with van der Waals surface area (Å²) in [6.07, 6.45) is 7.34. The Bertz CT molecular complexity index is 555. The highest BCUT2D eigenvalue weighted by Crippen LogP contribution is 2.27. The number of aromatic nitrogens is 2. The van der Waals surface area contributed by atoms with Crippen molar-refractivity contribution in [3.8, 4) is 12.3 Å². The van der Waals surface area contributed by atoms with Crippen LogP contribution in [0.1, 0.15) is 27.2 Å². The van der Waals surface area contributed by atoms with Gasteiger partial charge in [0.25, 0.3) is 5.56 Å². The first-order chi connectivity index (χ1) is 9.31. The first-order valence-corrected chi connectivity index (χ1v) is 7.17. The maximum Gasteiger partial charge on any atom is 0.284 e. The first-order valence-electron chi connectivity index (χ1n) is 6.37. The second-order valence-corrected chi connectivity index (χ2v) is 6.41. The molecule has 20 heavy (non-hydrogen) atoms. The maximum absolute atomic E-state index is 12.0. The van der Waals surface area contributed by atoms with Crippen LogP contribution in [0.3, 0.4) is 0 Å². The number of aliphatic hydroxyl groups excluding tert-OH is 1.